The predicted octanol–water partition coefficient (Wildman–Crippen LogP) is 22.2. The van der Waals surface area contributed by atoms with E-state index >= 15 is 0 Å². The van der Waals surface area contributed by atoms with Gasteiger partial charge >= 0.3 is 19.1 Å². The lowest BCUT2D eigenvalue weighted by Gasteiger charge is -2.12. The first-order valence-electron chi connectivity index (χ1n) is 27.1. The maximum atomic E-state index is 14.0. The zero-order valence-electron chi connectivity index (χ0n) is 45.7. The van der Waals surface area contributed by atoms with Crippen LogP contribution in [-0.4, -0.2) is 19.1 Å². The van der Waals surface area contributed by atoms with Crippen LogP contribution in [0.2, 0.25) is 0 Å². The number of hydrogen-bond acceptors (Lipinski definition) is 3. The average Bonchev–Trinajstić information content (AvgIpc) is 2.37. The highest BCUT2D eigenvalue weighted by molar-refractivity contribution is 5.90. The van der Waals surface area contributed by atoms with E-state index in [0.717, 1.165) is 120 Å². The highest BCUT2D eigenvalue weighted by atomic mass is 19.4. The number of aryl methyl sites for hydroxylation is 3. The summed E-state index contributed by atoms with van der Waals surface area (Å²) in [5.41, 5.74) is 5.58. The second-order valence-corrected chi connectivity index (χ2v) is 20.0. The molecule has 0 aliphatic carbocycles. The molecule has 9 aromatic rings. The van der Waals surface area contributed by atoms with Crippen LogP contribution in [0.15, 0.2) is 146 Å². The highest BCUT2D eigenvalue weighted by Gasteiger charge is 2.36. The number of halogens is 15. The molecule has 444 valence electrons. The molecule has 9 aromatic carbocycles. The van der Waals surface area contributed by atoms with Gasteiger partial charge in [0, 0.05) is 0 Å². The van der Waals surface area contributed by atoms with Gasteiger partial charge in [0.15, 0.2) is 34.9 Å². The summed E-state index contributed by atoms with van der Waals surface area (Å²) in [6.45, 7) is 6.44. The van der Waals surface area contributed by atoms with Crippen LogP contribution in [0.1, 0.15) is 95.2 Å². The van der Waals surface area contributed by atoms with E-state index in [4.69, 9.17) is 0 Å². The molecular weight excluding hydrogens is 1130 g/mol. The molecule has 0 N–H and O–H groups in total. The maximum absolute atomic E-state index is 14.0. The van der Waals surface area contributed by atoms with Crippen molar-refractivity contribution in [2.24, 2.45) is 0 Å². The fourth-order valence-corrected chi connectivity index (χ4v) is 9.43. The fourth-order valence-electron chi connectivity index (χ4n) is 9.43. The minimum atomic E-state index is -5.17. The van der Waals surface area contributed by atoms with E-state index in [0.29, 0.717) is 16.7 Å². The number of fused-ring (bicyclic) bond motifs is 3. The van der Waals surface area contributed by atoms with E-state index in [1.165, 1.54) is 42.4 Å². The van der Waals surface area contributed by atoms with Crippen molar-refractivity contribution in [3.05, 3.63) is 197 Å². The van der Waals surface area contributed by atoms with Gasteiger partial charge in [-0.05, 0) is 176 Å². The molecule has 0 unspecified atom stereocenters. The molecule has 0 bridgehead atoms. The largest absolute Gasteiger partial charge is 0.573 e. The Morgan fingerprint density at radius 3 is 0.774 bits per heavy atom. The molecule has 84 heavy (non-hydrogen) atoms. The van der Waals surface area contributed by atoms with Crippen molar-refractivity contribution in [2.45, 2.75) is 117 Å². The van der Waals surface area contributed by atoms with Crippen LogP contribution in [0.25, 0.3) is 65.7 Å². The van der Waals surface area contributed by atoms with E-state index < -0.39 is 71.2 Å². The standard InChI is InChI=1S/C23H21F5O.C22H19F5O.C21H17F5O/c1-2-3-4-5-6-15-7-8-17-12-18(10-9-16(17)11-15)19-13-20(24)22(21(25)14-19)29-23(26,27)28;1-2-3-4-5-14-6-7-16-11-17(9-8-15(16)10-14)18-12-19(23)21(20(24)13-18)28-22(25,26)27;1-2-3-4-13-5-6-15-10-16(8-7-14(15)9-13)17-11-18(22)20(19(23)12-17)27-21(24,25)26/h7-14H,2-6H2,1H3;6-13H,2-5H2,1H3;5-12H,2-4H2,1H3. The van der Waals surface area contributed by atoms with Crippen molar-refractivity contribution < 1.29 is 80.1 Å². The van der Waals surface area contributed by atoms with Gasteiger partial charge in [-0.2, -0.15) is 0 Å². The molecule has 0 fully saturated rings. The van der Waals surface area contributed by atoms with E-state index in [9.17, 15) is 65.9 Å². The zero-order chi connectivity index (χ0) is 60.9. The minimum absolute atomic E-state index is 0.136. The van der Waals surface area contributed by atoms with E-state index in [2.05, 4.69) is 53.2 Å². The van der Waals surface area contributed by atoms with Gasteiger partial charge in [-0.25, -0.2) is 26.3 Å². The third kappa shape index (κ3) is 18.1. The lowest BCUT2D eigenvalue weighted by molar-refractivity contribution is -0.277. The molecule has 0 aliphatic rings. The molecule has 0 amide bonds. The summed E-state index contributed by atoms with van der Waals surface area (Å²) >= 11 is 0. The fraction of sp³-hybridized carbons (Fsp3) is 0.273. The Bertz CT molecular complexity index is 3630. The average molecular weight is 1180 g/mol. The summed E-state index contributed by atoms with van der Waals surface area (Å²) in [6, 6.07) is 39.0. The topological polar surface area (TPSA) is 27.7 Å². The Balaban J connectivity index is 0.000000181. The van der Waals surface area contributed by atoms with Crippen molar-refractivity contribution in [3.8, 4) is 50.6 Å². The Hall–Kier alpha value is -7.89. The molecule has 3 nitrogen and oxygen atoms in total. The molecule has 0 aromatic heterocycles. The molecule has 0 saturated heterocycles. The summed E-state index contributed by atoms with van der Waals surface area (Å²) in [5.74, 6) is -12.8. The van der Waals surface area contributed by atoms with Gasteiger partial charge in [-0.1, -0.05) is 150 Å². The third-order valence-electron chi connectivity index (χ3n) is 13.6. The quantitative estimate of drug-likeness (QED) is 0.0633. The van der Waals surface area contributed by atoms with Crippen molar-refractivity contribution in [2.75, 3.05) is 0 Å². The second kappa shape index (κ2) is 28.1. The normalized spacial score (nSPS) is 11.8. The summed E-state index contributed by atoms with van der Waals surface area (Å²) in [7, 11) is 0. The van der Waals surface area contributed by atoms with E-state index in [1.807, 2.05) is 54.6 Å². The number of alkyl halides is 9. The molecule has 18 heteroatoms. The lowest BCUT2D eigenvalue weighted by Crippen LogP contribution is -2.19. The van der Waals surface area contributed by atoms with Gasteiger partial charge in [0.1, 0.15) is 0 Å². The molecule has 9 rings (SSSR count). The van der Waals surface area contributed by atoms with Crippen LogP contribution in [0, 0.1) is 34.9 Å². The Kier molecular flexibility index (Phi) is 21.3. The number of benzene rings is 9. The van der Waals surface area contributed by atoms with Crippen molar-refractivity contribution in [3.63, 3.8) is 0 Å². The summed E-state index contributed by atoms with van der Waals surface area (Å²) in [4.78, 5) is 0. The molecule has 0 atom stereocenters. The second-order valence-electron chi connectivity index (χ2n) is 20.0. The first kappa shape index (κ1) is 63.7. The molecule has 0 radical (unpaired) electrons. The monoisotopic (exact) mass is 1180 g/mol. The van der Waals surface area contributed by atoms with Gasteiger partial charge in [0.2, 0.25) is 17.2 Å². The van der Waals surface area contributed by atoms with Crippen LogP contribution in [-0.2, 0) is 19.3 Å². The Morgan fingerprint density at radius 1 is 0.262 bits per heavy atom. The predicted molar refractivity (Wildman–Crippen MR) is 298 cm³/mol. The summed E-state index contributed by atoms with van der Waals surface area (Å²) < 4.78 is 205. The van der Waals surface area contributed by atoms with Crippen molar-refractivity contribution >= 4 is 32.3 Å². The number of ether oxygens (including phenoxy) is 3. The first-order chi connectivity index (χ1) is 39.8. The van der Waals surface area contributed by atoms with Crippen molar-refractivity contribution in [1.29, 1.82) is 0 Å². The first-order valence-corrected chi connectivity index (χ1v) is 27.1. The zero-order valence-corrected chi connectivity index (χ0v) is 45.7. The van der Waals surface area contributed by atoms with Crippen LogP contribution in [0.5, 0.6) is 17.2 Å². The van der Waals surface area contributed by atoms with Gasteiger partial charge < -0.3 is 14.2 Å². The minimum Gasteiger partial charge on any atom is -0.399 e. The molecule has 0 heterocycles. The highest BCUT2D eigenvalue weighted by Crippen LogP contribution is 2.38. The van der Waals surface area contributed by atoms with Crippen LogP contribution in [0.4, 0.5) is 65.9 Å². The summed E-state index contributed by atoms with van der Waals surface area (Å²) in [6.07, 6.45) is -2.19. The number of rotatable bonds is 18. The lowest BCUT2D eigenvalue weighted by atomic mass is 9.98. The molecule has 0 aliphatic heterocycles. The molecule has 0 saturated carbocycles. The van der Waals surface area contributed by atoms with Crippen LogP contribution < -0.4 is 14.2 Å². The number of hydrogen-bond donors (Lipinski definition) is 0. The number of unbranched alkanes of at least 4 members (excludes halogenated alkanes) is 6. The molecular formula is C66H57F15O3. The third-order valence-corrected chi connectivity index (χ3v) is 13.6. The maximum Gasteiger partial charge on any atom is 0.573 e. The van der Waals surface area contributed by atoms with E-state index in [-0.39, 0.29) is 16.7 Å². The van der Waals surface area contributed by atoms with Gasteiger partial charge in [-0.15, -0.1) is 39.5 Å². The van der Waals surface area contributed by atoms with Gasteiger partial charge in [0.25, 0.3) is 0 Å². The van der Waals surface area contributed by atoms with E-state index in [1.54, 1.807) is 36.4 Å². The van der Waals surface area contributed by atoms with Crippen molar-refractivity contribution in [1.82, 2.24) is 0 Å². The smallest absolute Gasteiger partial charge is 0.399 e. The SMILES string of the molecule is CCCCCCc1ccc2cc(-c3cc(F)c(OC(F)(F)F)c(F)c3)ccc2c1.CCCCCc1ccc2cc(-c3cc(F)c(OC(F)(F)F)c(F)c3)ccc2c1.CCCCc1ccc2cc(-c3cc(F)c(OC(F)(F)F)c(F)c3)ccc2c1. The van der Waals surface area contributed by atoms with Gasteiger partial charge in [-0.3, -0.25) is 0 Å². The van der Waals surface area contributed by atoms with Gasteiger partial charge in [0.05, 0.1) is 0 Å². The Morgan fingerprint density at radius 2 is 0.500 bits per heavy atom. The van der Waals surface area contributed by atoms with Crippen LogP contribution >= 0.6 is 0 Å². The summed E-state index contributed by atoms with van der Waals surface area (Å²) in [5, 5.41) is 5.63. The van der Waals surface area contributed by atoms with Crippen LogP contribution in [0.3, 0.4) is 0 Å². The Labute approximate surface area is 475 Å². The molecule has 0 spiro atoms.